The Hall–Kier alpha value is -3.16. The Morgan fingerprint density at radius 2 is 1.85 bits per heavy atom. The third-order valence-electron chi connectivity index (χ3n) is 3.69. The fraction of sp³-hybridized carbons (Fsp3) is 0.333. The predicted molar refractivity (Wildman–Crippen MR) is 94.7 cm³/mol. The third kappa shape index (κ3) is 4.69. The summed E-state index contributed by atoms with van der Waals surface area (Å²) in [4.78, 5) is 34.0. The number of nitrogens with zero attached hydrogens (tertiary/aromatic N) is 2. The summed E-state index contributed by atoms with van der Waals surface area (Å²) in [5, 5.41) is 11.0. The Kier molecular flexibility index (Phi) is 6.11. The molecule has 0 atom stereocenters. The highest BCUT2D eigenvalue weighted by molar-refractivity contribution is 5.89. The van der Waals surface area contributed by atoms with Gasteiger partial charge in [-0.15, -0.1) is 0 Å². The maximum atomic E-state index is 12.2. The molecule has 0 N–H and O–H groups in total. The van der Waals surface area contributed by atoms with E-state index in [4.69, 9.17) is 4.74 Å². The van der Waals surface area contributed by atoms with Crippen LogP contribution in [0.5, 0.6) is 5.75 Å². The SMILES string of the molecule is COC(=O)c1cc([N+](=O)[O-])c(=O)n(CCCOc2cc(C)cc(C)c2)c1. The van der Waals surface area contributed by atoms with E-state index in [9.17, 15) is 19.7 Å². The van der Waals surface area contributed by atoms with Crippen molar-refractivity contribution in [3.8, 4) is 5.75 Å². The summed E-state index contributed by atoms with van der Waals surface area (Å²) in [6, 6.07) is 6.77. The minimum absolute atomic E-state index is 0.0472. The normalized spacial score (nSPS) is 10.4. The van der Waals surface area contributed by atoms with Crippen LogP contribution in [0.3, 0.4) is 0 Å². The van der Waals surface area contributed by atoms with Crippen LogP contribution < -0.4 is 10.3 Å². The minimum Gasteiger partial charge on any atom is -0.494 e. The van der Waals surface area contributed by atoms with Gasteiger partial charge in [0.1, 0.15) is 5.75 Å². The van der Waals surface area contributed by atoms with Crippen molar-refractivity contribution in [3.63, 3.8) is 0 Å². The van der Waals surface area contributed by atoms with Gasteiger partial charge in [-0.25, -0.2) is 4.79 Å². The highest BCUT2D eigenvalue weighted by Crippen LogP contribution is 2.16. The number of rotatable bonds is 7. The molecule has 0 saturated carbocycles. The van der Waals surface area contributed by atoms with Gasteiger partial charge in [0.2, 0.25) is 0 Å². The second-order valence-corrected chi connectivity index (χ2v) is 5.89. The average Bonchev–Trinajstić information content (AvgIpc) is 2.58. The lowest BCUT2D eigenvalue weighted by atomic mass is 10.1. The van der Waals surface area contributed by atoms with E-state index in [-0.39, 0.29) is 12.1 Å². The molecule has 1 heterocycles. The Labute approximate surface area is 150 Å². The summed E-state index contributed by atoms with van der Waals surface area (Å²) in [5.41, 5.74) is 0.682. The van der Waals surface area contributed by atoms with E-state index < -0.39 is 22.1 Å². The van der Waals surface area contributed by atoms with E-state index >= 15 is 0 Å². The van der Waals surface area contributed by atoms with Crippen molar-refractivity contribution >= 4 is 11.7 Å². The molecule has 0 aliphatic carbocycles. The molecule has 8 heteroatoms. The van der Waals surface area contributed by atoms with Crippen molar-refractivity contribution in [2.45, 2.75) is 26.8 Å². The van der Waals surface area contributed by atoms with Gasteiger partial charge in [-0.2, -0.15) is 0 Å². The number of aryl methyl sites for hydroxylation is 3. The molecule has 0 radical (unpaired) electrons. The van der Waals surface area contributed by atoms with Crippen LogP contribution in [0.25, 0.3) is 0 Å². The number of nitro groups is 1. The third-order valence-corrected chi connectivity index (χ3v) is 3.69. The highest BCUT2D eigenvalue weighted by atomic mass is 16.6. The van der Waals surface area contributed by atoms with Gasteiger partial charge < -0.3 is 14.0 Å². The first-order valence-corrected chi connectivity index (χ1v) is 8.00. The van der Waals surface area contributed by atoms with Crippen molar-refractivity contribution in [2.24, 2.45) is 0 Å². The molecule has 0 spiro atoms. The summed E-state index contributed by atoms with van der Waals surface area (Å²) in [6.07, 6.45) is 1.70. The zero-order valence-electron chi connectivity index (χ0n) is 14.9. The van der Waals surface area contributed by atoms with E-state index in [0.717, 1.165) is 27.5 Å². The second-order valence-electron chi connectivity index (χ2n) is 5.89. The maximum Gasteiger partial charge on any atom is 0.339 e. The quantitative estimate of drug-likeness (QED) is 0.326. The van der Waals surface area contributed by atoms with Gasteiger partial charge in [0.05, 0.1) is 24.2 Å². The molecular weight excluding hydrogens is 340 g/mol. The molecule has 2 aromatic rings. The molecule has 26 heavy (non-hydrogen) atoms. The molecule has 0 saturated heterocycles. The lowest BCUT2D eigenvalue weighted by Gasteiger charge is -2.10. The first-order valence-electron chi connectivity index (χ1n) is 8.00. The van der Waals surface area contributed by atoms with E-state index in [2.05, 4.69) is 4.74 Å². The van der Waals surface area contributed by atoms with Crippen molar-refractivity contribution < 1.29 is 19.2 Å². The summed E-state index contributed by atoms with van der Waals surface area (Å²) in [5.74, 6) is -0.0162. The van der Waals surface area contributed by atoms with E-state index in [1.54, 1.807) is 0 Å². The van der Waals surface area contributed by atoms with Crippen LogP contribution in [-0.2, 0) is 11.3 Å². The first-order chi connectivity index (χ1) is 12.3. The topological polar surface area (TPSA) is 101 Å². The van der Waals surface area contributed by atoms with Crippen LogP contribution in [0.1, 0.15) is 27.9 Å². The number of esters is 1. The van der Waals surface area contributed by atoms with E-state index in [0.29, 0.717) is 13.0 Å². The number of methoxy groups -OCH3 is 1. The average molecular weight is 360 g/mol. The van der Waals surface area contributed by atoms with Gasteiger partial charge in [-0.05, 0) is 43.5 Å². The van der Waals surface area contributed by atoms with Crippen LogP contribution in [0.4, 0.5) is 5.69 Å². The standard InChI is InChI=1S/C18H20N2O6/c1-12-7-13(2)9-15(8-12)26-6-4-5-19-11-14(18(22)25-3)10-16(17(19)21)20(23)24/h7-11H,4-6H2,1-3H3. The highest BCUT2D eigenvalue weighted by Gasteiger charge is 2.20. The van der Waals surface area contributed by atoms with Crippen LogP contribution in [-0.4, -0.2) is 29.2 Å². The smallest absolute Gasteiger partial charge is 0.339 e. The minimum atomic E-state index is -0.808. The second kappa shape index (κ2) is 8.28. The Balaban J connectivity index is 2.10. The molecule has 0 bridgehead atoms. The van der Waals surface area contributed by atoms with Gasteiger partial charge >= 0.3 is 17.2 Å². The van der Waals surface area contributed by atoms with E-state index in [1.165, 1.54) is 13.3 Å². The maximum absolute atomic E-state index is 12.2. The predicted octanol–water partition coefficient (Wildman–Crippen LogP) is 2.63. The monoisotopic (exact) mass is 360 g/mol. The summed E-state index contributed by atoms with van der Waals surface area (Å²) in [6.45, 7) is 4.44. The largest absolute Gasteiger partial charge is 0.494 e. The lowest BCUT2D eigenvalue weighted by Crippen LogP contribution is -2.25. The Bertz CT molecular complexity index is 867. The summed E-state index contributed by atoms with van der Waals surface area (Å²) in [7, 11) is 1.17. The van der Waals surface area contributed by atoms with Gasteiger partial charge in [0.25, 0.3) is 0 Å². The van der Waals surface area contributed by atoms with Crippen molar-refractivity contribution in [2.75, 3.05) is 13.7 Å². The van der Waals surface area contributed by atoms with Crippen LogP contribution >= 0.6 is 0 Å². The van der Waals surface area contributed by atoms with Crippen LogP contribution in [0.2, 0.25) is 0 Å². The number of hydrogen-bond acceptors (Lipinski definition) is 6. The number of pyridine rings is 1. The zero-order chi connectivity index (χ0) is 19.3. The summed E-state index contributed by atoms with van der Waals surface area (Å²) < 4.78 is 11.4. The van der Waals surface area contributed by atoms with Crippen molar-refractivity contribution in [1.29, 1.82) is 0 Å². The first kappa shape index (κ1) is 19.2. The zero-order valence-corrected chi connectivity index (χ0v) is 14.9. The van der Waals surface area contributed by atoms with Crippen LogP contribution in [0.15, 0.2) is 35.3 Å². The lowest BCUT2D eigenvalue weighted by molar-refractivity contribution is -0.386. The molecule has 8 nitrogen and oxygen atoms in total. The van der Waals surface area contributed by atoms with Gasteiger partial charge in [-0.3, -0.25) is 14.9 Å². The van der Waals surface area contributed by atoms with Crippen molar-refractivity contribution in [3.05, 3.63) is 67.6 Å². The number of carbonyl (C=O) groups excluding carboxylic acids is 1. The number of hydrogen-bond donors (Lipinski definition) is 0. The molecule has 0 fully saturated rings. The Morgan fingerprint density at radius 3 is 2.42 bits per heavy atom. The molecule has 0 amide bonds. The van der Waals surface area contributed by atoms with Gasteiger partial charge in [0, 0.05) is 18.8 Å². The molecular formula is C18H20N2O6. The fourth-order valence-corrected chi connectivity index (χ4v) is 2.59. The summed E-state index contributed by atoms with van der Waals surface area (Å²) >= 11 is 0. The van der Waals surface area contributed by atoms with Crippen LogP contribution in [0, 0.1) is 24.0 Å². The van der Waals surface area contributed by atoms with Gasteiger partial charge in [0.15, 0.2) is 0 Å². The molecule has 2 rings (SSSR count). The number of ether oxygens (including phenoxy) is 2. The molecule has 1 aromatic carbocycles. The Morgan fingerprint density at radius 1 is 1.19 bits per heavy atom. The molecule has 138 valence electrons. The number of aromatic nitrogens is 1. The molecule has 1 aromatic heterocycles. The van der Waals surface area contributed by atoms with Crippen molar-refractivity contribution in [1.82, 2.24) is 4.57 Å². The van der Waals surface area contributed by atoms with E-state index in [1.807, 2.05) is 32.0 Å². The number of carbonyl (C=O) groups is 1. The number of benzene rings is 1. The molecule has 0 aliphatic heterocycles. The van der Waals surface area contributed by atoms with Gasteiger partial charge in [-0.1, -0.05) is 6.07 Å². The molecule has 0 unspecified atom stereocenters. The fourth-order valence-electron chi connectivity index (χ4n) is 2.59. The molecule has 0 aliphatic rings.